The molecule has 0 saturated carbocycles. The van der Waals surface area contributed by atoms with Gasteiger partial charge >= 0.3 is 0 Å². The number of hydrogen-bond acceptors (Lipinski definition) is 3. The van der Waals surface area contributed by atoms with Gasteiger partial charge in [-0.1, -0.05) is 19.1 Å². The molecule has 3 nitrogen and oxygen atoms in total. The lowest BCUT2D eigenvalue weighted by Crippen LogP contribution is -2.52. The maximum Gasteiger partial charge on any atom is 0.122 e. The second-order valence-electron chi connectivity index (χ2n) is 5.51. The number of nitrogens with zero attached hydrogens (tertiary/aromatic N) is 1. The highest BCUT2D eigenvalue weighted by Gasteiger charge is 2.46. The first-order valence-corrected chi connectivity index (χ1v) is 7.04. The van der Waals surface area contributed by atoms with E-state index in [0.29, 0.717) is 13.2 Å². The lowest BCUT2D eigenvalue weighted by molar-refractivity contribution is -0.0805. The van der Waals surface area contributed by atoms with Crippen molar-refractivity contribution in [1.29, 1.82) is 5.26 Å². The molecule has 0 aromatic heterocycles. The zero-order valence-corrected chi connectivity index (χ0v) is 11.3. The second kappa shape index (κ2) is 4.86. The monoisotopic (exact) mass is 257 g/mol. The van der Waals surface area contributed by atoms with Crippen molar-refractivity contribution in [2.75, 3.05) is 19.8 Å². The standard InChI is InChI=1S/C16H19NO2/c1-2-13(9-17)16(10-18-11-16)14-5-6-15-12(8-14)4-3-7-19-15/h5-6,8,13H,2-4,7,10-11H2,1H3. The SMILES string of the molecule is CCC(C#N)C1(c2ccc3c(c2)CCCO3)COC1. The molecule has 0 bridgehead atoms. The molecule has 1 aromatic rings. The van der Waals surface area contributed by atoms with Gasteiger partial charge in [0.15, 0.2) is 0 Å². The van der Waals surface area contributed by atoms with E-state index in [1.54, 1.807) is 0 Å². The van der Waals surface area contributed by atoms with E-state index in [1.165, 1.54) is 11.1 Å². The van der Waals surface area contributed by atoms with Crippen LogP contribution in [-0.2, 0) is 16.6 Å². The van der Waals surface area contributed by atoms with Crippen LogP contribution in [0.5, 0.6) is 5.75 Å². The molecule has 1 atom stereocenters. The van der Waals surface area contributed by atoms with Gasteiger partial charge in [0.2, 0.25) is 0 Å². The van der Waals surface area contributed by atoms with E-state index in [4.69, 9.17) is 9.47 Å². The van der Waals surface area contributed by atoms with Crippen LogP contribution in [0.25, 0.3) is 0 Å². The van der Waals surface area contributed by atoms with Gasteiger partial charge in [-0.25, -0.2) is 0 Å². The molecule has 0 aliphatic carbocycles. The average molecular weight is 257 g/mol. The highest BCUT2D eigenvalue weighted by molar-refractivity contribution is 5.43. The summed E-state index contributed by atoms with van der Waals surface area (Å²) in [6.07, 6.45) is 3.02. The van der Waals surface area contributed by atoms with E-state index in [0.717, 1.165) is 31.6 Å². The molecule has 0 amide bonds. The van der Waals surface area contributed by atoms with Crippen LogP contribution in [0, 0.1) is 17.2 Å². The van der Waals surface area contributed by atoms with Gasteiger partial charge < -0.3 is 9.47 Å². The fourth-order valence-corrected chi connectivity index (χ4v) is 3.17. The molecule has 1 fully saturated rings. The Morgan fingerprint density at radius 3 is 2.89 bits per heavy atom. The zero-order valence-electron chi connectivity index (χ0n) is 11.3. The second-order valence-corrected chi connectivity index (χ2v) is 5.51. The number of hydrogen-bond donors (Lipinski definition) is 0. The number of aryl methyl sites for hydroxylation is 1. The summed E-state index contributed by atoms with van der Waals surface area (Å²) in [7, 11) is 0. The van der Waals surface area contributed by atoms with Crippen molar-refractivity contribution in [3.63, 3.8) is 0 Å². The summed E-state index contributed by atoms with van der Waals surface area (Å²) in [5.74, 6) is 1.04. The Hall–Kier alpha value is -1.53. The molecular weight excluding hydrogens is 238 g/mol. The van der Waals surface area contributed by atoms with Crippen molar-refractivity contribution in [3.8, 4) is 11.8 Å². The normalized spacial score (nSPS) is 21.5. The van der Waals surface area contributed by atoms with E-state index >= 15 is 0 Å². The van der Waals surface area contributed by atoms with Gasteiger partial charge in [0.25, 0.3) is 0 Å². The van der Waals surface area contributed by atoms with Crippen LogP contribution >= 0.6 is 0 Å². The molecule has 100 valence electrons. The topological polar surface area (TPSA) is 42.2 Å². The Morgan fingerprint density at radius 2 is 2.26 bits per heavy atom. The van der Waals surface area contributed by atoms with Gasteiger partial charge in [0, 0.05) is 0 Å². The van der Waals surface area contributed by atoms with Gasteiger partial charge in [-0.2, -0.15) is 5.26 Å². The number of rotatable bonds is 3. The number of fused-ring (bicyclic) bond motifs is 1. The summed E-state index contributed by atoms with van der Waals surface area (Å²) >= 11 is 0. The Labute approximate surface area is 114 Å². The first kappa shape index (κ1) is 12.5. The minimum atomic E-state index is -0.101. The van der Waals surface area contributed by atoms with Gasteiger partial charge in [0.05, 0.1) is 37.2 Å². The van der Waals surface area contributed by atoms with Crippen molar-refractivity contribution in [1.82, 2.24) is 0 Å². The van der Waals surface area contributed by atoms with Crippen LogP contribution in [0.1, 0.15) is 30.9 Å². The summed E-state index contributed by atoms with van der Waals surface area (Å²) in [6, 6.07) is 8.88. The van der Waals surface area contributed by atoms with Gasteiger partial charge in [-0.15, -0.1) is 0 Å². The van der Waals surface area contributed by atoms with E-state index in [1.807, 2.05) is 0 Å². The highest BCUT2D eigenvalue weighted by atomic mass is 16.5. The predicted molar refractivity (Wildman–Crippen MR) is 72.1 cm³/mol. The zero-order chi connectivity index (χ0) is 13.3. The molecule has 2 heterocycles. The Kier molecular flexibility index (Phi) is 3.20. The lowest BCUT2D eigenvalue weighted by Gasteiger charge is -2.45. The fourth-order valence-electron chi connectivity index (χ4n) is 3.17. The molecule has 0 radical (unpaired) electrons. The third kappa shape index (κ3) is 1.91. The van der Waals surface area contributed by atoms with E-state index in [-0.39, 0.29) is 11.3 Å². The van der Waals surface area contributed by atoms with E-state index in [2.05, 4.69) is 31.2 Å². The third-order valence-corrected chi connectivity index (χ3v) is 4.43. The van der Waals surface area contributed by atoms with E-state index < -0.39 is 0 Å². The molecule has 0 N–H and O–H groups in total. The van der Waals surface area contributed by atoms with Crippen LogP contribution in [0.15, 0.2) is 18.2 Å². The molecular formula is C16H19NO2. The fraction of sp³-hybridized carbons (Fsp3) is 0.562. The van der Waals surface area contributed by atoms with E-state index in [9.17, 15) is 5.26 Å². The average Bonchev–Trinajstić information content (AvgIpc) is 2.42. The largest absolute Gasteiger partial charge is 0.493 e. The first-order valence-electron chi connectivity index (χ1n) is 7.04. The van der Waals surface area contributed by atoms with Crippen LogP contribution in [-0.4, -0.2) is 19.8 Å². The molecule has 1 saturated heterocycles. The molecule has 2 aliphatic heterocycles. The molecule has 3 rings (SSSR count). The van der Waals surface area contributed by atoms with Gasteiger partial charge in [0.1, 0.15) is 5.75 Å². The molecule has 3 heteroatoms. The Balaban J connectivity index is 1.98. The number of ether oxygens (including phenoxy) is 2. The van der Waals surface area contributed by atoms with Crippen molar-refractivity contribution < 1.29 is 9.47 Å². The Morgan fingerprint density at radius 1 is 1.42 bits per heavy atom. The summed E-state index contributed by atoms with van der Waals surface area (Å²) in [5.41, 5.74) is 2.43. The predicted octanol–water partition coefficient (Wildman–Crippen LogP) is 2.83. The summed E-state index contributed by atoms with van der Waals surface area (Å²) in [5, 5.41) is 9.40. The maximum absolute atomic E-state index is 9.40. The maximum atomic E-state index is 9.40. The number of benzene rings is 1. The quantitative estimate of drug-likeness (QED) is 0.836. The van der Waals surface area contributed by atoms with Crippen molar-refractivity contribution in [2.24, 2.45) is 5.92 Å². The molecule has 19 heavy (non-hydrogen) atoms. The smallest absolute Gasteiger partial charge is 0.122 e. The van der Waals surface area contributed by atoms with Gasteiger partial charge in [-0.05, 0) is 36.5 Å². The lowest BCUT2D eigenvalue weighted by atomic mass is 9.68. The first-order chi connectivity index (χ1) is 9.30. The van der Waals surface area contributed by atoms with Crippen LogP contribution in [0.2, 0.25) is 0 Å². The number of nitriles is 1. The minimum Gasteiger partial charge on any atom is -0.493 e. The van der Waals surface area contributed by atoms with Crippen molar-refractivity contribution in [2.45, 2.75) is 31.6 Å². The minimum absolute atomic E-state index is 0.0313. The summed E-state index contributed by atoms with van der Waals surface area (Å²) < 4.78 is 11.1. The molecule has 2 aliphatic rings. The molecule has 0 spiro atoms. The van der Waals surface area contributed by atoms with Crippen molar-refractivity contribution in [3.05, 3.63) is 29.3 Å². The van der Waals surface area contributed by atoms with Crippen molar-refractivity contribution >= 4 is 0 Å². The van der Waals surface area contributed by atoms with Crippen LogP contribution < -0.4 is 4.74 Å². The van der Waals surface area contributed by atoms with Gasteiger partial charge in [-0.3, -0.25) is 0 Å². The summed E-state index contributed by atoms with van der Waals surface area (Å²) in [4.78, 5) is 0. The third-order valence-electron chi connectivity index (χ3n) is 4.43. The highest BCUT2D eigenvalue weighted by Crippen LogP contribution is 2.42. The molecule has 1 aromatic carbocycles. The van der Waals surface area contributed by atoms with Crippen LogP contribution in [0.4, 0.5) is 0 Å². The van der Waals surface area contributed by atoms with Crippen LogP contribution in [0.3, 0.4) is 0 Å². The Bertz CT molecular complexity index is 514. The molecule has 1 unspecified atom stereocenters. The summed E-state index contributed by atoms with van der Waals surface area (Å²) in [6.45, 7) is 4.23.